The van der Waals surface area contributed by atoms with E-state index >= 15 is 0 Å². The second-order valence-corrected chi connectivity index (χ2v) is 7.89. The van der Waals surface area contributed by atoms with E-state index in [9.17, 15) is 24.5 Å². The van der Waals surface area contributed by atoms with Gasteiger partial charge < -0.3 is 16.4 Å². The number of carbonyl (C=O) groups excluding carboxylic acids is 3. The molecule has 1 aliphatic heterocycles. The summed E-state index contributed by atoms with van der Waals surface area (Å²) in [6.07, 6.45) is 0.419. The van der Waals surface area contributed by atoms with Gasteiger partial charge in [-0.25, -0.2) is 0 Å². The van der Waals surface area contributed by atoms with Crippen molar-refractivity contribution in [2.75, 3.05) is 23.3 Å². The fraction of sp³-hybridized carbons (Fsp3) is 0.318. The van der Waals surface area contributed by atoms with E-state index in [2.05, 4.69) is 10.6 Å². The Kier molecular flexibility index (Phi) is 6.84. The molecule has 2 aromatic carbocycles. The van der Waals surface area contributed by atoms with Crippen molar-refractivity contribution in [3.8, 4) is 0 Å². The van der Waals surface area contributed by atoms with E-state index < -0.39 is 16.9 Å². The molecule has 0 saturated heterocycles. The van der Waals surface area contributed by atoms with E-state index in [4.69, 9.17) is 5.73 Å². The van der Waals surface area contributed by atoms with Crippen LogP contribution in [0.25, 0.3) is 0 Å². The summed E-state index contributed by atoms with van der Waals surface area (Å²) in [6.45, 7) is 4.50. The average Bonchev–Trinajstić information content (AvgIpc) is 2.77. The Bertz CT molecular complexity index is 1050. The van der Waals surface area contributed by atoms with Crippen molar-refractivity contribution in [2.45, 2.75) is 26.3 Å². The molecule has 0 fully saturated rings. The van der Waals surface area contributed by atoms with Gasteiger partial charge in [0.2, 0.25) is 5.91 Å². The molecular formula is C22H25N5O5. The first-order valence-electron chi connectivity index (χ1n) is 10.2. The van der Waals surface area contributed by atoms with Crippen molar-refractivity contribution in [1.82, 2.24) is 5.32 Å². The fourth-order valence-electron chi connectivity index (χ4n) is 3.55. The number of hydrogen-bond acceptors (Lipinski definition) is 6. The number of hydrogen-bond donors (Lipinski definition) is 3. The van der Waals surface area contributed by atoms with E-state index in [1.54, 1.807) is 12.1 Å². The minimum absolute atomic E-state index is 0.126. The lowest BCUT2D eigenvalue weighted by atomic mass is 9.96. The van der Waals surface area contributed by atoms with Gasteiger partial charge in [-0.15, -0.1) is 0 Å². The number of nitrogens with one attached hydrogen (secondary N) is 2. The van der Waals surface area contributed by atoms with E-state index in [1.807, 2.05) is 13.8 Å². The van der Waals surface area contributed by atoms with Crippen LogP contribution in [0.5, 0.6) is 0 Å². The molecule has 1 aliphatic rings. The lowest BCUT2D eigenvalue weighted by molar-refractivity contribution is -0.384. The van der Waals surface area contributed by atoms with E-state index in [0.717, 1.165) is 0 Å². The van der Waals surface area contributed by atoms with Gasteiger partial charge in [0.1, 0.15) is 6.04 Å². The Balaban J connectivity index is 2.02. The number of carbonyl (C=O) groups is 3. The lowest BCUT2D eigenvalue weighted by Crippen LogP contribution is -2.51. The summed E-state index contributed by atoms with van der Waals surface area (Å²) in [5.41, 5.74) is 6.61. The van der Waals surface area contributed by atoms with Crippen LogP contribution in [0.2, 0.25) is 0 Å². The van der Waals surface area contributed by atoms with Crippen LogP contribution in [0.3, 0.4) is 0 Å². The van der Waals surface area contributed by atoms with Gasteiger partial charge in [-0.05, 0) is 42.7 Å². The van der Waals surface area contributed by atoms with Crippen LogP contribution in [-0.2, 0) is 4.79 Å². The van der Waals surface area contributed by atoms with Gasteiger partial charge in [-0.1, -0.05) is 13.8 Å². The van der Waals surface area contributed by atoms with Gasteiger partial charge in [0, 0.05) is 36.3 Å². The van der Waals surface area contributed by atoms with E-state index in [0.29, 0.717) is 36.4 Å². The van der Waals surface area contributed by atoms with Gasteiger partial charge in [0.25, 0.3) is 17.5 Å². The second-order valence-electron chi connectivity index (χ2n) is 7.89. The Labute approximate surface area is 184 Å². The normalized spacial score (nSPS) is 15.2. The molecule has 10 nitrogen and oxygen atoms in total. The third kappa shape index (κ3) is 4.75. The van der Waals surface area contributed by atoms with Crippen LogP contribution in [0.1, 0.15) is 41.0 Å². The van der Waals surface area contributed by atoms with Crippen molar-refractivity contribution >= 4 is 34.8 Å². The topological polar surface area (TPSA) is 148 Å². The highest BCUT2D eigenvalue weighted by Gasteiger charge is 2.38. The first kappa shape index (κ1) is 22.9. The fourth-order valence-corrected chi connectivity index (χ4v) is 3.55. The summed E-state index contributed by atoms with van der Waals surface area (Å²) in [6, 6.07) is 9.18. The Morgan fingerprint density at radius 1 is 1.19 bits per heavy atom. The maximum absolute atomic E-state index is 13.4. The third-order valence-electron chi connectivity index (χ3n) is 5.06. The van der Waals surface area contributed by atoms with Crippen LogP contribution in [0.4, 0.5) is 17.1 Å². The molecule has 0 saturated carbocycles. The molecule has 3 rings (SSSR count). The SMILES string of the molecule is CC(C)CC1C(=O)Nc2cc(C(=O)NCCN)ccc2N1C(=O)c1ccc([N+](=O)[O-])cc1. The predicted molar refractivity (Wildman–Crippen MR) is 120 cm³/mol. The molecule has 0 aromatic heterocycles. The minimum atomic E-state index is -0.762. The van der Waals surface area contributed by atoms with Crippen LogP contribution in [0.15, 0.2) is 42.5 Å². The highest BCUT2D eigenvalue weighted by Crippen LogP contribution is 2.36. The average molecular weight is 439 g/mol. The van der Waals surface area contributed by atoms with Crippen LogP contribution in [0, 0.1) is 16.0 Å². The number of rotatable bonds is 7. The maximum atomic E-state index is 13.4. The van der Waals surface area contributed by atoms with Crippen LogP contribution < -0.4 is 21.3 Å². The predicted octanol–water partition coefficient (Wildman–Crippen LogP) is 2.30. The van der Waals surface area contributed by atoms with Gasteiger partial charge >= 0.3 is 0 Å². The minimum Gasteiger partial charge on any atom is -0.351 e. The third-order valence-corrected chi connectivity index (χ3v) is 5.06. The molecule has 1 heterocycles. The molecule has 4 N–H and O–H groups in total. The second kappa shape index (κ2) is 9.56. The Morgan fingerprint density at radius 2 is 1.84 bits per heavy atom. The first-order chi connectivity index (χ1) is 15.2. The number of anilines is 2. The summed E-state index contributed by atoms with van der Waals surface area (Å²) < 4.78 is 0. The van der Waals surface area contributed by atoms with Crippen molar-refractivity contribution in [1.29, 1.82) is 0 Å². The van der Waals surface area contributed by atoms with Crippen molar-refractivity contribution < 1.29 is 19.3 Å². The molecule has 168 valence electrons. The lowest BCUT2D eigenvalue weighted by Gasteiger charge is -2.37. The summed E-state index contributed by atoms with van der Waals surface area (Å²) >= 11 is 0. The van der Waals surface area contributed by atoms with Crippen molar-refractivity contribution in [2.24, 2.45) is 11.7 Å². The zero-order chi connectivity index (χ0) is 23.4. The molecule has 1 atom stereocenters. The highest BCUT2D eigenvalue weighted by atomic mass is 16.6. The summed E-state index contributed by atoms with van der Waals surface area (Å²) in [5, 5.41) is 16.4. The molecule has 0 bridgehead atoms. The number of benzene rings is 2. The molecule has 32 heavy (non-hydrogen) atoms. The highest BCUT2D eigenvalue weighted by molar-refractivity contribution is 6.17. The zero-order valence-electron chi connectivity index (χ0n) is 17.8. The largest absolute Gasteiger partial charge is 0.351 e. The number of non-ortho nitro benzene ring substituents is 1. The number of fused-ring (bicyclic) bond motifs is 1. The van der Waals surface area contributed by atoms with Gasteiger partial charge in [0.15, 0.2) is 0 Å². The number of amides is 3. The molecule has 2 aromatic rings. The molecule has 3 amide bonds. The number of nitro groups is 1. The Morgan fingerprint density at radius 3 is 2.44 bits per heavy atom. The van der Waals surface area contributed by atoms with Crippen LogP contribution >= 0.6 is 0 Å². The monoisotopic (exact) mass is 439 g/mol. The number of nitro benzene ring substituents is 1. The van der Waals surface area contributed by atoms with Gasteiger partial charge in [0.05, 0.1) is 16.3 Å². The standard InChI is InChI=1S/C22H25N5O5/c1-13(2)11-19-21(29)25-17-12-15(20(28)24-10-9-23)5-8-18(17)26(19)22(30)14-3-6-16(7-4-14)27(31)32/h3-8,12-13,19H,9-11,23H2,1-2H3,(H,24,28)(H,25,29). The van der Waals surface area contributed by atoms with Crippen molar-refractivity contribution in [3.63, 3.8) is 0 Å². The summed E-state index contributed by atoms with van der Waals surface area (Å²) in [7, 11) is 0. The van der Waals surface area contributed by atoms with Gasteiger partial charge in [-0.3, -0.25) is 29.4 Å². The van der Waals surface area contributed by atoms with Crippen LogP contribution in [-0.4, -0.2) is 41.8 Å². The molecule has 1 unspecified atom stereocenters. The molecule has 0 spiro atoms. The molecule has 0 aliphatic carbocycles. The molecular weight excluding hydrogens is 414 g/mol. The van der Waals surface area contributed by atoms with E-state index in [1.165, 1.54) is 35.2 Å². The quantitative estimate of drug-likeness (QED) is 0.445. The van der Waals surface area contributed by atoms with E-state index in [-0.39, 0.29) is 29.0 Å². The smallest absolute Gasteiger partial charge is 0.269 e. The molecule has 10 heteroatoms. The summed E-state index contributed by atoms with van der Waals surface area (Å²) in [5.74, 6) is -1.03. The maximum Gasteiger partial charge on any atom is 0.269 e. The van der Waals surface area contributed by atoms with Gasteiger partial charge in [-0.2, -0.15) is 0 Å². The first-order valence-corrected chi connectivity index (χ1v) is 10.2. The molecule has 0 radical (unpaired) electrons. The summed E-state index contributed by atoms with van der Waals surface area (Å²) in [4.78, 5) is 50.4. The van der Waals surface area contributed by atoms with Crippen molar-refractivity contribution in [3.05, 3.63) is 63.7 Å². The Hall–Kier alpha value is -3.79. The number of nitrogens with zero attached hydrogens (tertiary/aromatic N) is 2. The zero-order valence-corrected chi connectivity index (χ0v) is 17.8. The number of nitrogens with two attached hydrogens (primary N) is 1.